The monoisotopic (exact) mass is 325 g/mol. The van der Waals surface area contributed by atoms with E-state index in [1.54, 1.807) is 19.9 Å². The van der Waals surface area contributed by atoms with Crippen LogP contribution in [0.2, 0.25) is 0 Å². The van der Waals surface area contributed by atoms with Crippen molar-refractivity contribution in [3.63, 3.8) is 0 Å². The lowest BCUT2D eigenvalue weighted by atomic mass is 9.95. The number of hydrogen-bond donors (Lipinski definition) is 2. The van der Waals surface area contributed by atoms with E-state index in [0.29, 0.717) is 11.5 Å². The van der Waals surface area contributed by atoms with E-state index in [0.717, 1.165) is 0 Å². The predicted molar refractivity (Wildman–Crippen MR) is 80.3 cm³/mol. The minimum absolute atomic E-state index is 0.0273. The Kier molecular flexibility index (Phi) is 9.44. The van der Waals surface area contributed by atoms with Gasteiger partial charge in [0.05, 0.1) is 5.92 Å². The summed E-state index contributed by atoms with van der Waals surface area (Å²) in [6, 6.07) is -0.954. The molecule has 0 aromatic rings. The normalized spacial score (nSPS) is 16.2. The highest BCUT2D eigenvalue weighted by molar-refractivity contribution is 7.99. The predicted octanol–water partition coefficient (Wildman–Crippen LogP) is 3.61. The third-order valence-electron chi connectivity index (χ3n) is 2.93. The minimum atomic E-state index is -4.28. The molecule has 0 aliphatic carbocycles. The second-order valence-corrected chi connectivity index (χ2v) is 5.74. The number of halogens is 3. The molecule has 0 saturated carbocycles. The molecular weight excluding hydrogens is 303 g/mol. The van der Waals surface area contributed by atoms with E-state index in [1.807, 2.05) is 0 Å². The molecule has 0 radical (unpaired) electrons. The van der Waals surface area contributed by atoms with E-state index in [2.05, 4.69) is 0 Å². The first-order valence-corrected chi connectivity index (χ1v) is 7.81. The summed E-state index contributed by atoms with van der Waals surface area (Å²) >= 11 is 1.29. The highest BCUT2D eigenvalue weighted by Gasteiger charge is 2.40. The average molecular weight is 325 g/mol. The standard InChI is InChI=1S/C14H22F3NO2S/c1-3-5-10(4-2)11(14(15,16)17)6-8-21-9-7-12(18)13(19)20/h3-5,11-12H,6-9,18H2,1-2H3,(H,19,20)/b5-3-,10-4+. The maximum atomic E-state index is 13.0. The first kappa shape index (κ1) is 20.1. The Morgan fingerprint density at radius 3 is 2.29 bits per heavy atom. The van der Waals surface area contributed by atoms with Crippen LogP contribution in [0.15, 0.2) is 23.8 Å². The van der Waals surface area contributed by atoms with Crippen LogP contribution in [0.3, 0.4) is 0 Å². The van der Waals surface area contributed by atoms with Crippen molar-refractivity contribution < 1.29 is 23.1 Å². The van der Waals surface area contributed by atoms with Crippen molar-refractivity contribution in [2.45, 2.75) is 38.9 Å². The Labute approximate surface area is 127 Å². The molecule has 2 unspecified atom stereocenters. The van der Waals surface area contributed by atoms with Crippen LogP contribution in [-0.2, 0) is 4.79 Å². The summed E-state index contributed by atoms with van der Waals surface area (Å²) in [5, 5.41) is 8.60. The van der Waals surface area contributed by atoms with Crippen LogP contribution in [0.1, 0.15) is 26.7 Å². The third-order valence-corrected chi connectivity index (χ3v) is 3.98. The first-order valence-electron chi connectivity index (χ1n) is 6.65. The number of hydrogen-bond acceptors (Lipinski definition) is 3. The number of thioether (sulfide) groups is 1. The molecule has 3 N–H and O–H groups in total. The number of carboxylic acid groups (broad SMARTS) is 1. The molecule has 0 aliphatic rings. The zero-order valence-corrected chi connectivity index (χ0v) is 13.0. The molecule has 0 heterocycles. The number of allylic oxidation sites excluding steroid dienone is 4. The number of carboxylic acids is 1. The number of aliphatic carboxylic acids is 1. The molecule has 0 amide bonds. The SMILES string of the molecule is C/C=C\C(=C/C)C(CCSCCC(N)C(=O)O)C(F)(F)F. The van der Waals surface area contributed by atoms with E-state index in [-0.39, 0.29) is 18.4 Å². The highest BCUT2D eigenvalue weighted by atomic mass is 32.2. The molecule has 0 rings (SSSR count). The van der Waals surface area contributed by atoms with Crippen molar-refractivity contribution in [1.82, 2.24) is 0 Å². The second kappa shape index (κ2) is 9.89. The zero-order chi connectivity index (χ0) is 16.5. The molecule has 7 heteroatoms. The van der Waals surface area contributed by atoms with E-state index >= 15 is 0 Å². The molecule has 3 nitrogen and oxygen atoms in total. The summed E-state index contributed by atoms with van der Waals surface area (Å²) in [4.78, 5) is 10.5. The summed E-state index contributed by atoms with van der Waals surface area (Å²) in [7, 11) is 0. The van der Waals surface area contributed by atoms with Crippen LogP contribution >= 0.6 is 11.8 Å². The maximum Gasteiger partial charge on any atom is 0.395 e. The van der Waals surface area contributed by atoms with Crippen LogP contribution in [0, 0.1) is 5.92 Å². The molecule has 0 bridgehead atoms. The van der Waals surface area contributed by atoms with Gasteiger partial charge < -0.3 is 10.8 Å². The van der Waals surface area contributed by atoms with Crippen LogP contribution in [-0.4, -0.2) is 34.8 Å². The third kappa shape index (κ3) is 8.16. The van der Waals surface area contributed by atoms with Gasteiger partial charge in [0.1, 0.15) is 6.04 Å². The average Bonchev–Trinajstić information content (AvgIpc) is 2.39. The Balaban J connectivity index is 4.37. The van der Waals surface area contributed by atoms with Gasteiger partial charge >= 0.3 is 12.1 Å². The summed E-state index contributed by atoms with van der Waals surface area (Å²) in [5.74, 6) is -1.83. The fourth-order valence-corrected chi connectivity index (χ4v) is 2.79. The quantitative estimate of drug-likeness (QED) is 0.502. The van der Waals surface area contributed by atoms with E-state index in [9.17, 15) is 18.0 Å². The smallest absolute Gasteiger partial charge is 0.395 e. The zero-order valence-electron chi connectivity index (χ0n) is 12.2. The molecule has 0 aromatic heterocycles. The van der Waals surface area contributed by atoms with Crippen LogP contribution in [0.5, 0.6) is 0 Å². The van der Waals surface area contributed by atoms with Gasteiger partial charge in [0, 0.05) is 0 Å². The molecule has 2 atom stereocenters. The Bertz CT molecular complexity index is 381. The van der Waals surface area contributed by atoms with Gasteiger partial charge in [-0.1, -0.05) is 18.2 Å². The molecule has 122 valence electrons. The summed E-state index contributed by atoms with van der Waals surface area (Å²) < 4.78 is 39.1. The van der Waals surface area contributed by atoms with Crippen LogP contribution in [0.4, 0.5) is 13.2 Å². The molecule has 21 heavy (non-hydrogen) atoms. The van der Waals surface area contributed by atoms with E-state index in [4.69, 9.17) is 10.8 Å². The maximum absolute atomic E-state index is 13.0. The van der Waals surface area contributed by atoms with Crippen molar-refractivity contribution >= 4 is 17.7 Å². The van der Waals surface area contributed by atoms with E-state index < -0.39 is 24.1 Å². The second-order valence-electron chi connectivity index (χ2n) is 4.52. The summed E-state index contributed by atoms with van der Waals surface area (Å²) in [6.45, 7) is 3.27. The van der Waals surface area contributed by atoms with Gasteiger partial charge in [-0.3, -0.25) is 4.79 Å². The van der Waals surface area contributed by atoms with Gasteiger partial charge in [-0.25, -0.2) is 0 Å². The van der Waals surface area contributed by atoms with Crippen molar-refractivity contribution in [1.29, 1.82) is 0 Å². The Morgan fingerprint density at radius 1 is 1.29 bits per heavy atom. The van der Waals surface area contributed by atoms with E-state index in [1.165, 1.54) is 23.9 Å². The van der Waals surface area contributed by atoms with Gasteiger partial charge in [0.25, 0.3) is 0 Å². The highest BCUT2D eigenvalue weighted by Crippen LogP contribution is 2.36. The Morgan fingerprint density at radius 2 is 1.86 bits per heavy atom. The van der Waals surface area contributed by atoms with Crippen molar-refractivity contribution in [3.05, 3.63) is 23.8 Å². The van der Waals surface area contributed by atoms with Gasteiger partial charge in [-0.2, -0.15) is 24.9 Å². The lowest BCUT2D eigenvalue weighted by Crippen LogP contribution is -2.30. The van der Waals surface area contributed by atoms with Crippen molar-refractivity contribution in [3.8, 4) is 0 Å². The minimum Gasteiger partial charge on any atom is -0.480 e. The number of rotatable bonds is 9. The molecule has 0 saturated heterocycles. The van der Waals surface area contributed by atoms with Gasteiger partial charge in [-0.15, -0.1) is 0 Å². The largest absolute Gasteiger partial charge is 0.480 e. The lowest BCUT2D eigenvalue weighted by molar-refractivity contribution is -0.163. The fraction of sp³-hybridized carbons (Fsp3) is 0.643. The molecule has 0 spiro atoms. The first-order chi connectivity index (χ1) is 9.73. The summed E-state index contributed by atoms with van der Waals surface area (Å²) in [5.41, 5.74) is 5.58. The molecular formula is C14H22F3NO2S. The molecule has 0 fully saturated rings. The molecule has 0 aliphatic heterocycles. The number of nitrogens with two attached hydrogens (primary N) is 1. The Hall–Kier alpha value is -0.950. The lowest BCUT2D eigenvalue weighted by Gasteiger charge is -2.21. The van der Waals surface area contributed by atoms with Gasteiger partial charge in [0.15, 0.2) is 0 Å². The van der Waals surface area contributed by atoms with Crippen molar-refractivity contribution in [2.24, 2.45) is 11.7 Å². The number of carbonyl (C=O) groups is 1. The summed E-state index contributed by atoms with van der Waals surface area (Å²) in [6.07, 6.45) is 0.487. The number of alkyl halides is 3. The van der Waals surface area contributed by atoms with Crippen molar-refractivity contribution in [2.75, 3.05) is 11.5 Å². The van der Waals surface area contributed by atoms with Crippen LogP contribution < -0.4 is 5.73 Å². The van der Waals surface area contributed by atoms with Gasteiger partial charge in [-0.05, 0) is 43.8 Å². The van der Waals surface area contributed by atoms with Crippen LogP contribution in [0.25, 0.3) is 0 Å². The topological polar surface area (TPSA) is 63.3 Å². The molecule has 0 aromatic carbocycles. The fourth-order valence-electron chi connectivity index (χ4n) is 1.76. The van der Waals surface area contributed by atoms with Gasteiger partial charge in [0.2, 0.25) is 0 Å².